The van der Waals surface area contributed by atoms with Gasteiger partial charge < -0.3 is 0 Å². The van der Waals surface area contributed by atoms with Gasteiger partial charge in [0.05, 0.1) is 0 Å². The summed E-state index contributed by atoms with van der Waals surface area (Å²) < 4.78 is 1.13. The summed E-state index contributed by atoms with van der Waals surface area (Å²) in [7, 11) is 0. The Kier molecular flexibility index (Phi) is 4.16. The second-order valence-corrected chi connectivity index (χ2v) is 5.41. The molecule has 0 N–H and O–H groups in total. The van der Waals surface area contributed by atoms with Crippen LogP contribution < -0.4 is 0 Å². The molecule has 0 radical (unpaired) electrons. The van der Waals surface area contributed by atoms with Gasteiger partial charge in [0.15, 0.2) is 0 Å². The highest BCUT2D eigenvalue weighted by Crippen LogP contribution is 2.26. The van der Waals surface area contributed by atoms with Crippen LogP contribution in [0, 0.1) is 5.92 Å². The predicted molar refractivity (Wildman–Crippen MR) is 69.4 cm³/mol. The van der Waals surface area contributed by atoms with Gasteiger partial charge >= 0.3 is 0 Å². The van der Waals surface area contributed by atoms with Gasteiger partial charge in [-0.1, -0.05) is 47.0 Å². The van der Waals surface area contributed by atoms with E-state index in [2.05, 4.69) is 28.1 Å². The summed E-state index contributed by atoms with van der Waals surface area (Å²) >= 11 is 3.55. The molecule has 0 aliphatic heterocycles. The monoisotopic (exact) mass is 280 g/mol. The Labute approximate surface area is 105 Å². The quantitative estimate of drug-likeness (QED) is 0.744. The van der Waals surface area contributed by atoms with Gasteiger partial charge in [-0.2, -0.15) is 0 Å². The Bertz CT molecular complexity index is 373. The van der Waals surface area contributed by atoms with E-state index >= 15 is 0 Å². The van der Waals surface area contributed by atoms with Crippen LogP contribution in [-0.4, -0.2) is 5.78 Å². The van der Waals surface area contributed by atoms with E-state index in [9.17, 15) is 4.79 Å². The number of Topliss-reactive ketones (excluding diaryl/α,β-unsaturated/α-hetero) is 1. The second-order valence-electron chi connectivity index (χ2n) is 4.56. The molecule has 1 fully saturated rings. The van der Waals surface area contributed by atoms with Crippen molar-refractivity contribution < 1.29 is 4.79 Å². The third kappa shape index (κ3) is 2.94. The summed E-state index contributed by atoms with van der Waals surface area (Å²) in [4.78, 5) is 11.9. The van der Waals surface area contributed by atoms with Gasteiger partial charge in [0.2, 0.25) is 0 Å². The summed E-state index contributed by atoms with van der Waals surface area (Å²) in [6.45, 7) is 0. The fourth-order valence-electron chi connectivity index (χ4n) is 2.38. The lowest BCUT2D eigenvalue weighted by Gasteiger charge is -2.13. The van der Waals surface area contributed by atoms with Crippen molar-refractivity contribution in [2.45, 2.75) is 38.5 Å². The maximum Gasteiger partial charge on any atom is 0.136 e. The number of carbonyl (C=O) groups excluding carboxylic acids is 1. The second kappa shape index (κ2) is 5.62. The predicted octanol–water partition coefficient (Wildman–Crippen LogP) is 4.14. The number of hydrogen-bond donors (Lipinski definition) is 0. The summed E-state index contributed by atoms with van der Waals surface area (Å²) in [6.07, 6.45) is 6.28. The molecule has 1 aliphatic rings. The van der Waals surface area contributed by atoms with Gasteiger partial charge in [-0.05, 0) is 30.9 Å². The van der Waals surface area contributed by atoms with Crippen LogP contribution in [0.25, 0.3) is 0 Å². The Morgan fingerprint density at radius 1 is 1.19 bits per heavy atom. The lowest BCUT2D eigenvalue weighted by Crippen LogP contribution is -2.15. The molecular weight excluding hydrogens is 264 g/mol. The van der Waals surface area contributed by atoms with Crippen LogP contribution >= 0.6 is 15.9 Å². The normalized spacial score (nSPS) is 21.8. The zero-order chi connectivity index (χ0) is 11.4. The average Bonchev–Trinajstić information content (AvgIpc) is 2.48. The number of halogens is 1. The van der Waals surface area contributed by atoms with Crippen molar-refractivity contribution in [3.63, 3.8) is 0 Å². The van der Waals surface area contributed by atoms with E-state index in [0.29, 0.717) is 5.78 Å². The molecule has 2 rings (SSSR count). The molecule has 16 heavy (non-hydrogen) atoms. The van der Waals surface area contributed by atoms with E-state index in [4.69, 9.17) is 0 Å². The van der Waals surface area contributed by atoms with Crippen LogP contribution in [0.15, 0.2) is 28.7 Å². The third-order valence-corrected chi connectivity index (χ3v) is 4.13. The molecule has 1 saturated carbocycles. The molecule has 1 aliphatic carbocycles. The molecule has 0 spiro atoms. The lowest BCUT2D eigenvalue weighted by molar-refractivity contribution is -0.122. The van der Waals surface area contributed by atoms with Crippen molar-refractivity contribution in [3.05, 3.63) is 34.3 Å². The molecule has 0 saturated heterocycles. The first kappa shape index (κ1) is 11.8. The SMILES string of the molecule is O=C1CCCCC[C@H]1Cc1ccccc1Br. The van der Waals surface area contributed by atoms with Crippen LogP contribution in [0.2, 0.25) is 0 Å². The van der Waals surface area contributed by atoms with Crippen molar-refractivity contribution in [1.82, 2.24) is 0 Å². The first-order valence-electron chi connectivity index (χ1n) is 6.03. The summed E-state index contributed by atoms with van der Waals surface area (Å²) in [5.41, 5.74) is 1.27. The van der Waals surface area contributed by atoms with E-state index in [1.165, 1.54) is 18.4 Å². The fourth-order valence-corrected chi connectivity index (χ4v) is 2.82. The zero-order valence-electron chi connectivity index (χ0n) is 9.42. The summed E-state index contributed by atoms with van der Waals surface area (Å²) in [6, 6.07) is 8.22. The van der Waals surface area contributed by atoms with Gasteiger partial charge in [0.1, 0.15) is 5.78 Å². The first-order valence-corrected chi connectivity index (χ1v) is 6.83. The molecule has 0 bridgehead atoms. The molecule has 0 aromatic heterocycles. The van der Waals surface area contributed by atoms with E-state index < -0.39 is 0 Å². The maximum atomic E-state index is 11.9. The van der Waals surface area contributed by atoms with Crippen molar-refractivity contribution in [2.75, 3.05) is 0 Å². The number of hydrogen-bond acceptors (Lipinski definition) is 1. The standard InChI is InChI=1S/C14H17BrO/c15-13-8-5-4-6-11(13)10-12-7-2-1-3-9-14(12)16/h4-6,8,12H,1-3,7,9-10H2/t12-/m0/s1. The van der Waals surface area contributed by atoms with E-state index in [0.717, 1.165) is 30.2 Å². The molecule has 86 valence electrons. The van der Waals surface area contributed by atoms with Gasteiger partial charge in [0.25, 0.3) is 0 Å². The number of ketones is 1. The van der Waals surface area contributed by atoms with Crippen molar-refractivity contribution in [3.8, 4) is 0 Å². The third-order valence-electron chi connectivity index (χ3n) is 3.36. The van der Waals surface area contributed by atoms with Crippen LogP contribution in [0.5, 0.6) is 0 Å². The minimum absolute atomic E-state index is 0.251. The molecular formula is C14H17BrO. The highest BCUT2D eigenvalue weighted by Gasteiger charge is 2.21. The van der Waals surface area contributed by atoms with Gasteiger partial charge in [-0.3, -0.25) is 4.79 Å². The van der Waals surface area contributed by atoms with Crippen molar-refractivity contribution in [2.24, 2.45) is 5.92 Å². The Hall–Kier alpha value is -0.630. The minimum atomic E-state index is 0.251. The molecule has 1 atom stereocenters. The van der Waals surface area contributed by atoms with Crippen LogP contribution in [-0.2, 0) is 11.2 Å². The first-order chi connectivity index (χ1) is 7.77. The fraction of sp³-hybridized carbons (Fsp3) is 0.500. The molecule has 0 amide bonds. The van der Waals surface area contributed by atoms with E-state index in [1.54, 1.807) is 0 Å². The minimum Gasteiger partial charge on any atom is -0.299 e. The van der Waals surface area contributed by atoms with Crippen molar-refractivity contribution in [1.29, 1.82) is 0 Å². The molecule has 1 nitrogen and oxygen atoms in total. The Morgan fingerprint density at radius 3 is 2.81 bits per heavy atom. The maximum absolute atomic E-state index is 11.9. The largest absolute Gasteiger partial charge is 0.299 e. The van der Waals surface area contributed by atoms with Crippen LogP contribution in [0.3, 0.4) is 0 Å². The summed E-state index contributed by atoms with van der Waals surface area (Å²) in [5, 5.41) is 0. The molecule has 2 heteroatoms. The van der Waals surface area contributed by atoms with E-state index in [-0.39, 0.29) is 5.92 Å². The van der Waals surface area contributed by atoms with Crippen LogP contribution in [0.4, 0.5) is 0 Å². The number of rotatable bonds is 2. The smallest absolute Gasteiger partial charge is 0.136 e. The van der Waals surface area contributed by atoms with Crippen LogP contribution in [0.1, 0.15) is 37.7 Å². The van der Waals surface area contributed by atoms with E-state index in [1.807, 2.05) is 12.1 Å². The number of carbonyl (C=O) groups is 1. The molecule has 1 aromatic rings. The molecule has 1 aromatic carbocycles. The highest BCUT2D eigenvalue weighted by atomic mass is 79.9. The van der Waals surface area contributed by atoms with Gasteiger partial charge in [-0.15, -0.1) is 0 Å². The van der Waals surface area contributed by atoms with Crippen molar-refractivity contribution >= 4 is 21.7 Å². The number of benzene rings is 1. The molecule has 0 unspecified atom stereocenters. The lowest BCUT2D eigenvalue weighted by atomic mass is 9.91. The topological polar surface area (TPSA) is 17.1 Å². The van der Waals surface area contributed by atoms with Gasteiger partial charge in [-0.25, -0.2) is 0 Å². The van der Waals surface area contributed by atoms with Gasteiger partial charge in [0, 0.05) is 16.8 Å². The Morgan fingerprint density at radius 2 is 2.00 bits per heavy atom. The molecule has 0 heterocycles. The zero-order valence-corrected chi connectivity index (χ0v) is 11.0. The summed E-state index contributed by atoms with van der Waals surface area (Å²) in [5.74, 6) is 0.717. The Balaban J connectivity index is 2.08. The highest BCUT2D eigenvalue weighted by molar-refractivity contribution is 9.10. The average molecular weight is 281 g/mol.